The van der Waals surface area contributed by atoms with Gasteiger partial charge in [0.25, 0.3) is 0 Å². The third kappa shape index (κ3) is 4.80. The van der Waals surface area contributed by atoms with Crippen LogP contribution in [0.25, 0.3) is 0 Å². The summed E-state index contributed by atoms with van der Waals surface area (Å²) < 4.78 is 5.58. The fourth-order valence-electron chi connectivity index (χ4n) is 3.05. The fourth-order valence-corrected chi connectivity index (χ4v) is 4.42. The molecule has 0 radical (unpaired) electrons. The largest absolute Gasteiger partial charge is 0.379 e. The molecule has 1 atom stereocenters. The van der Waals surface area contributed by atoms with E-state index in [1.54, 1.807) is 10.4 Å². The van der Waals surface area contributed by atoms with Gasteiger partial charge in [-0.2, -0.15) is 0 Å². The Morgan fingerprint density at radius 3 is 2.76 bits per heavy atom. The second-order valence-electron chi connectivity index (χ2n) is 6.77. The summed E-state index contributed by atoms with van der Waals surface area (Å²) in [6, 6.07) is 2.97. The van der Waals surface area contributed by atoms with Crippen LogP contribution in [-0.4, -0.2) is 19.3 Å². The smallest absolute Gasteiger partial charge is 0.0623 e. The number of ether oxygens (including phenoxy) is 1. The third-order valence-electron chi connectivity index (χ3n) is 4.65. The van der Waals surface area contributed by atoms with Gasteiger partial charge in [0.2, 0.25) is 0 Å². The van der Waals surface area contributed by atoms with Gasteiger partial charge in [0.1, 0.15) is 0 Å². The number of nitrogens with one attached hydrogen (secondary N) is 1. The number of methoxy groups -OCH3 is 1. The Labute approximate surface area is 134 Å². The molecule has 0 aliphatic heterocycles. The summed E-state index contributed by atoms with van der Waals surface area (Å²) in [6.45, 7) is 7.59. The molecule has 2 rings (SSSR count). The van der Waals surface area contributed by atoms with Gasteiger partial charge >= 0.3 is 0 Å². The number of fused-ring (bicyclic) bond motifs is 1. The van der Waals surface area contributed by atoms with E-state index in [2.05, 4.69) is 43.5 Å². The van der Waals surface area contributed by atoms with Crippen LogP contribution in [0.4, 0.5) is 0 Å². The highest BCUT2D eigenvalue weighted by Crippen LogP contribution is 2.34. The summed E-state index contributed by atoms with van der Waals surface area (Å²) in [4.78, 5) is 3.19. The lowest BCUT2D eigenvalue weighted by atomic mass is 9.97. The Morgan fingerprint density at radius 2 is 2.05 bits per heavy atom. The number of hydrogen-bond donors (Lipinski definition) is 1. The van der Waals surface area contributed by atoms with Crippen molar-refractivity contribution in [1.29, 1.82) is 0 Å². The van der Waals surface area contributed by atoms with Gasteiger partial charge in [0, 0.05) is 22.9 Å². The van der Waals surface area contributed by atoms with Gasteiger partial charge < -0.3 is 10.1 Å². The van der Waals surface area contributed by atoms with Crippen molar-refractivity contribution in [1.82, 2.24) is 5.32 Å². The van der Waals surface area contributed by atoms with Crippen molar-refractivity contribution in [2.45, 2.75) is 77.4 Å². The van der Waals surface area contributed by atoms with Crippen molar-refractivity contribution in [3.8, 4) is 0 Å². The lowest BCUT2D eigenvalue weighted by Crippen LogP contribution is -2.27. The van der Waals surface area contributed by atoms with Gasteiger partial charge in [-0.25, -0.2) is 0 Å². The minimum Gasteiger partial charge on any atom is -0.379 e. The molecule has 0 aromatic carbocycles. The second kappa shape index (κ2) is 7.75. The maximum atomic E-state index is 5.58. The molecule has 1 N–H and O–H groups in total. The summed E-state index contributed by atoms with van der Waals surface area (Å²) in [5.41, 5.74) is 1.60. The Bertz CT molecular complexity index is 415. The zero-order valence-electron chi connectivity index (χ0n) is 14.1. The van der Waals surface area contributed by atoms with E-state index in [0.717, 1.165) is 19.4 Å². The molecule has 0 saturated heterocycles. The lowest BCUT2D eigenvalue weighted by Gasteiger charge is -2.26. The number of hydrogen-bond acceptors (Lipinski definition) is 3. The molecule has 0 amide bonds. The molecule has 1 heterocycles. The summed E-state index contributed by atoms with van der Waals surface area (Å²) in [5, 5.41) is 3.68. The van der Waals surface area contributed by atoms with Gasteiger partial charge in [-0.15, -0.1) is 11.3 Å². The monoisotopic (exact) mass is 309 g/mol. The van der Waals surface area contributed by atoms with E-state index in [9.17, 15) is 0 Å². The van der Waals surface area contributed by atoms with Crippen LogP contribution < -0.4 is 5.32 Å². The molecule has 1 aromatic heterocycles. The highest BCUT2D eigenvalue weighted by Gasteiger charge is 2.22. The van der Waals surface area contributed by atoms with Crippen LogP contribution in [0.3, 0.4) is 0 Å². The zero-order valence-corrected chi connectivity index (χ0v) is 14.9. The van der Waals surface area contributed by atoms with Crippen LogP contribution in [0.15, 0.2) is 6.07 Å². The standard InChI is InChI=1S/C18H31NOS/c1-5-19-15(11-12-18(2,3)20-4)17-13-14-9-7-6-8-10-16(14)21-17/h13,15,19H,5-12H2,1-4H3. The fraction of sp³-hybridized carbons (Fsp3) is 0.778. The van der Waals surface area contributed by atoms with Crippen molar-refractivity contribution in [3.63, 3.8) is 0 Å². The predicted molar refractivity (Wildman–Crippen MR) is 92.3 cm³/mol. The normalized spacial score (nSPS) is 17.3. The summed E-state index contributed by atoms with van der Waals surface area (Å²) in [7, 11) is 1.82. The number of rotatable bonds is 7. The van der Waals surface area contributed by atoms with Crippen molar-refractivity contribution < 1.29 is 4.74 Å². The third-order valence-corrected chi connectivity index (χ3v) is 6.00. The molecule has 2 nitrogen and oxygen atoms in total. The van der Waals surface area contributed by atoms with E-state index in [-0.39, 0.29) is 5.60 Å². The average molecular weight is 310 g/mol. The molecule has 21 heavy (non-hydrogen) atoms. The lowest BCUT2D eigenvalue weighted by molar-refractivity contribution is 0.0118. The Balaban J connectivity index is 2.07. The van der Waals surface area contributed by atoms with Gasteiger partial charge in [-0.1, -0.05) is 13.3 Å². The number of thiophene rings is 1. The van der Waals surface area contributed by atoms with Crippen molar-refractivity contribution >= 4 is 11.3 Å². The molecule has 0 fully saturated rings. The van der Waals surface area contributed by atoms with Gasteiger partial charge in [0.15, 0.2) is 0 Å². The molecular weight excluding hydrogens is 278 g/mol. The van der Waals surface area contributed by atoms with Crippen LogP contribution in [0.5, 0.6) is 0 Å². The van der Waals surface area contributed by atoms with Crippen molar-refractivity contribution in [2.24, 2.45) is 0 Å². The van der Waals surface area contributed by atoms with Gasteiger partial charge in [0.05, 0.1) is 5.60 Å². The van der Waals surface area contributed by atoms with Crippen molar-refractivity contribution in [2.75, 3.05) is 13.7 Å². The van der Waals surface area contributed by atoms with E-state index in [0.29, 0.717) is 6.04 Å². The first kappa shape index (κ1) is 17.0. The maximum Gasteiger partial charge on any atom is 0.0623 e. The van der Waals surface area contributed by atoms with Crippen LogP contribution >= 0.6 is 11.3 Å². The molecule has 1 aromatic rings. The molecule has 0 spiro atoms. The molecule has 3 heteroatoms. The molecule has 1 unspecified atom stereocenters. The quantitative estimate of drug-likeness (QED) is 0.725. The maximum absolute atomic E-state index is 5.58. The minimum absolute atomic E-state index is 0.0258. The first-order valence-electron chi connectivity index (χ1n) is 8.45. The molecule has 120 valence electrons. The SMILES string of the molecule is CCNC(CCC(C)(C)OC)c1cc2c(s1)CCCCC2. The van der Waals surface area contributed by atoms with Crippen LogP contribution in [-0.2, 0) is 17.6 Å². The predicted octanol–water partition coefficient (Wildman–Crippen LogP) is 4.87. The molecule has 1 aliphatic rings. The summed E-state index contributed by atoms with van der Waals surface area (Å²) in [5.74, 6) is 0. The van der Waals surface area contributed by atoms with E-state index < -0.39 is 0 Å². The summed E-state index contributed by atoms with van der Waals surface area (Å²) in [6.07, 6.45) is 8.95. The Kier molecular flexibility index (Phi) is 6.27. The highest BCUT2D eigenvalue weighted by atomic mass is 32.1. The molecule has 0 bridgehead atoms. The summed E-state index contributed by atoms with van der Waals surface area (Å²) >= 11 is 2.05. The van der Waals surface area contributed by atoms with Crippen molar-refractivity contribution in [3.05, 3.63) is 21.4 Å². The number of aryl methyl sites for hydroxylation is 2. The molecule has 0 saturated carbocycles. The van der Waals surface area contributed by atoms with Gasteiger partial charge in [-0.05, 0) is 70.5 Å². The second-order valence-corrected chi connectivity index (χ2v) is 7.94. The van der Waals surface area contributed by atoms with Crippen LogP contribution in [0, 0.1) is 0 Å². The Hall–Kier alpha value is -0.380. The zero-order chi connectivity index (χ0) is 15.3. The molecular formula is C18H31NOS. The van der Waals surface area contributed by atoms with Crippen LogP contribution in [0.2, 0.25) is 0 Å². The van der Waals surface area contributed by atoms with E-state index in [1.165, 1.54) is 37.0 Å². The first-order valence-corrected chi connectivity index (χ1v) is 9.27. The van der Waals surface area contributed by atoms with E-state index in [4.69, 9.17) is 4.74 Å². The van der Waals surface area contributed by atoms with Gasteiger partial charge in [-0.3, -0.25) is 0 Å². The minimum atomic E-state index is -0.0258. The topological polar surface area (TPSA) is 21.3 Å². The Morgan fingerprint density at radius 1 is 1.29 bits per heavy atom. The van der Waals surface area contributed by atoms with E-state index >= 15 is 0 Å². The van der Waals surface area contributed by atoms with Crippen LogP contribution in [0.1, 0.15) is 74.2 Å². The molecule has 1 aliphatic carbocycles. The van der Waals surface area contributed by atoms with E-state index in [1.807, 2.05) is 7.11 Å². The average Bonchev–Trinajstić information content (AvgIpc) is 2.74. The first-order chi connectivity index (χ1) is 10.1. The highest BCUT2D eigenvalue weighted by molar-refractivity contribution is 7.12.